The van der Waals surface area contributed by atoms with Gasteiger partial charge in [0, 0.05) is 17.9 Å². The highest BCUT2D eigenvalue weighted by Gasteiger charge is 2.22. The molecule has 9 heteroatoms. The number of hydrogen-bond donors (Lipinski definition) is 1. The molecule has 0 spiro atoms. The van der Waals surface area contributed by atoms with E-state index >= 15 is 0 Å². The van der Waals surface area contributed by atoms with E-state index in [9.17, 15) is 13.6 Å². The first kappa shape index (κ1) is 16.7. The quantitative estimate of drug-likeness (QED) is 0.737. The summed E-state index contributed by atoms with van der Waals surface area (Å²) in [5.74, 6) is -0.486. The van der Waals surface area contributed by atoms with Crippen LogP contribution in [-0.2, 0) is 7.05 Å². The van der Waals surface area contributed by atoms with Crippen molar-refractivity contribution in [2.75, 3.05) is 5.32 Å². The lowest BCUT2D eigenvalue weighted by Gasteiger charge is -2.06. The van der Waals surface area contributed by atoms with E-state index in [0.717, 1.165) is 11.3 Å². The number of amides is 1. The van der Waals surface area contributed by atoms with Crippen molar-refractivity contribution in [1.29, 1.82) is 0 Å². The normalized spacial score (nSPS) is 11.2. The molecule has 0 saturated heterocycles. The van der Waals surface area contributed by atoms with E-state index in [4.69, 9.17) is 11.6 Å². The number of rotatable bonds is 4. The molecule has 3 aromatic rings. The summed E-state index contributed by atoms with van der Waals surface area (Å²) in [5.41, 5.74) is 1.21. The predicted molar refractivity (Wildman–Crippen MR) is 89.4 cm³/mol. The first-order valence-corrected chi connectivity index (χ1v) is 8.03. The molecule has 2 heterocycles. The van der Waals surface area contributed by atoms with Crippen LogP contribution in [0.2, 0.25) is 5.02 Å². The van der Waals surface area contributed by atoms with Crippen molar-refractivity contribution in [3.8, 4) is 5.75 Å². The third-order valence-electron chi connectivity index (χ3n) is 3.30. The van der Waals surface area contributed by atoms with Gasteiger partial charge in [-0.2, -0.15) is 13.9 Å². The van der Waals surface area contributed by atoms with Gasteiger partial charge in [0.05, 0.1) is 21.8 Å². The number of aromatic nitrogens is 2. The molecular formula is C15H12ClF2N3O2S. The fourth-order valence-electron chi connectivity index (χ4n) is 2.32. The average molecular weight is 372 g/mol. The van der Waals surface area contributed by atoms with Crippen molar-refractivity contribution in [2.24, 2.45) is 7.05 Å². The minimum atomic E-state index is -2.97. The zero-order valence-corrected chi connectivity index (χ0v) is 14.2. The molecule has 0 radical (unpaired) electrons. The molecule has 0 saturated carbocycles. The molecule has 126 valence electrons. The summed E-state index contributed by atoms with van der Waals surface area (Å²) in [4.78, 5) is 12.7. The van der Waals surface area contributed by atoms with Crippen LogP contribution in [-0.4, -0.2) is 22.3 Å². The number of nitrogens with zero attached hydrogens (tertiary/aromatic N) is 2. The molecular weight excluding hydrogens is 360 g/mol. The molecule has 0 aliphatic heterocycles. The average Bonchev–Trinajstić information content (AvgIpc) is 2.99. The van der Waals surface area contributed by atoms with Crippen LogP contribution in [0.4, 0.5) is 14.5 Å². The molecule has 1 amide bonds. The number of carbonyl (C=O) groups is 1. The molecule has 0 bridgehead atoms. The number of aryl methyl sites for hydroxylation is 2. The first-order valence-electron chi connectivity index (χ1n) is 6.84. The Labute approximate surface area is 144 Å². The number of nitrogens with one attached hydrogen (secondary N) is 1. The van der Waals surface area contributed by atoms with Gasteiger partial charge >= 0.3 is 6.61 Å². The molecule has 0 unspecified atom stereocenters. The van der Waals surface area contributed by atoms with Crippen molar-refractivity contribution in [1.82, 2.24) is 9.78 Å². The Morgan fingerprint density at radius 3 is 2.83 bits per heavy atom. The summed E-state index contributed by atoms with van der Waals surface area (Å²) < 4.78 is 31.7. The second-order valence-corrected chi connectivity index (χ2v) is 6.44. The van der Waals surface area contributed by atoms with Gasteiger partial charge in [0.1, 0.15) is 10.6 Å². The molecule has 1 N–H and O–H groups in total. The molecule has 24 heavy (non-hydrogen) atoms. The van der Waals surface area contributed by atoms with Gasteiger partial charge in [-0.05, 0) is 19.1 Å². The van der Waals surface area contributed by atoms with Crippen LogP contribution in [0.25, 0.3) is 10.1 Å². The molecule has 0 fully saturated rings. The van der Waals surface area contributed by atoms with Gasteiger partial charge < -0.3 is 10.1 Å². The lowest BCUT2D eigenvalue weighted by atomic mass is 10.2. The molecule has 0 aliphatic carbocycles. The topological polar surface area (TPSA) is 56.2 Å². The van der Waals surface area contributed by atoms with E-state index < -0.39 is 12.5 Å². The van der Waals surface area contributed by atoms with E-state index in [1.807, 2.05) is 0 Å². The fourth-order valence-corrected chi connectivity index (χ4v) is 3.78. The third-order valence-corrected chi connectivity index (χ3v) is 4.95. The Kier molecular flexibility index (Phi) is 4.42. The summed E-state index contributed by atoms with van der Waals surface area (Å²) in [6, 6.07) is 4.65. The Balaban J connectivity index is 1.99. The number of anilines is 1. The lowest BCUT2D eigenvalue weighted by Crippen LogP contribution is -2.11. The first-order chi connectivity index (χ1) is 11.4. The highest BCUT2D eigenvalue weighted by Crippen LogP contribution is 2.41. The maximum absolute atomic E-state index is 12.5. The second kappa shape index (κ2) is 6.37. The maximum Gasteiger partial charge on any atom is 0.387 e. The number of carbonyl (C=O) groups excluding carboxylic acids is 1. The fraction of sp³-hybridized carbons (Fsp3) is 0.200. The van der Waals surface area contributed by atoms with E-state index in [1.165, 1.54) is 6.07 Å². The summed E-state index contributed by atoms with van der Waals surface area (Å²) in [6.07, 6.45) is 1.67. The Morgan fingerprint density at radius 1 is 1.46 bits per heavy atom. The molecule has 3 rings (SSSR count). The van der Waals surface area contributed by atoms with Gasteiger partial charge in [-0.1, -0.05) is 17.7 Å². The Bertz CT molecular complexity index is 923. The number of benzene rings is 1. The molecule has 5 nitrogen and oxygen atoms in total. The monoisotopic (exact) mass is 371 g/mol. The molecule has 0 aliphatic rings. The van der Waals surface area contributed by atoms with Gasteiger partial charge in [-0.15, -0.1) is 11.3 Å². The van der Waals surface area contributed by atoms with Gasteiger partial charge in [0.25, 0.3) is 5.91 Å². The number of halogens is 3. The number of fused-ring (bicyclic) bond motifs is 1. The zero-order chi connectivity index (χ0) is 17.4. The van der Waals surface area contributed by atoms with Crippen molar-refractivity contribution >= 4 is 44.6 Å². The van der Waals surface area contributed by atoms with Crippen molar-refractivity contribution in [2.45, 2.75) is 13.5 Å². The van der Waals surface area contributed by atoms with Crippen molar-refractivity contribution in [3.05, 3.63) is 40.0 Å². The number of hydrogen-bond acceptors (Lipinski definition) is 4. The van der Waals surface area contributed by atoms with Gasteiger partial charge in [0.2, 0.25) is 0 Å². The number of ether oxygens (including phenoxy) is 1. The van der Waals surface area contributed by atoms with Crippen LogP contribution < -0.4 is 10.1 Å². The highest BCUT2D eigenvalue weighted by atomic mass is 35.5. The predicted octanol–water partition coefficient (Wildman–Crippen LogP) is 4.45. The highest BCUT2D eigenvalue weighted by molar-refractivity contribution is 7.21. The van der Waals surface area contributed by atoms with Crippen LogP contribution in [0.5, 0.6) is 5.75 Å². The van der Waals surface area contributed by atoms with Crippen LogP contribution in [0.1, 0.15) is 15.4 Å². The summed E-state index contributed by atoms with van der Waals surface area (Å²) in [6.45, 7) is -1.21. The largest absolute Gasteiger partial charge is 0.434 e. The third kappa shape index (κ3) is 3.07. The Morgan fingerprint density at radius 2 is 2.21 bits per heavy atom. The van der Waals surface area contributed by atoms with E-state index in [2.05, 4.69) is 15.2 Å². The lowest BCUT2D eigenvalue weighted by molar-refractivity contribution is -0.0487. The smallest absolute Gasteiger partial charge is 0.387 e. The van der Waals surface area contributed by atoms with E-state index in [-0.39, 0.29) is 15.6 Å². The Hall–Kier alpha value is -2.19. The van der Waals surface area contributed by atoms with Crippen LogP contribution >= 0.6 is 22.9 Å². The van der Waals surface area contributed by atoms with Crippen LogP contribution in [0.15, 0.2) is 24.4 Å². The minimum Gasteiger partial charge on any atom is -0.434 e. The summed E-state index contributed by atoms with van der Waals surface area (Å²) in [5, 5.41) is 7.25. The number of thiophene rings is 1. The van der Waals surface area contributed by atoms with Gasteiger partial charge in [0.15, 0.2) is 0 Å². The summed E-state index contributed by atoms with van der Waals surface area (Å²) >= 11 is 7.36. The maximum atomic E-state index is 12.5. The second-order valence-electron chi connectivity index (χ2n) is 5.01. The minimum absolute atomic E-state index is 0.0552. The summed E-state index contributed by atoms with van der Waals surface area (Å²) in [7, 11) is 1.74. The van der Waals surface area contributed by atoms with Crippen LogP contribution in [0, 0.1) is 6.92 Å². The van der Waals surface area contributed by atoms with E-state index in [1.54, 1.807) is 37.0 Å². The van der Waals surface area contributed by atoms with E-state index in [0.29, 0.717) is 21.5 Å². The standard InChI is InChI=1S/C15H12ClF2N3O2S/c1-7-8(6-21(2)20-7)19-14(22)13-12(16)11-9(23-15(17)18)4-3-5-10(11)24-13/h3-6,15H,1-2H3,(H,19,22). The van der Waals surface area contributed by atoms with Crippen molar-refractivity contribution in [3.63, 3.8) is 0 Å². The molecule has 0 atom stereocenters. The molecule has 2 aromatic heterocycles. The zero-order valence-electron chi connectivity index (χ0n) is 12.6. The van der Waals surface area contributed by atoms with Crippen LogP contribution in [0.3, 0.4) is 0 Å². The van der Waals surface area contributed by atoms with Gasteiger partial charge in [-0.3, -0.25) is 9.48 Å². The number of alkyl halides is 2. The SMILES string of the molecule is Cc1nn(C)cc1NC(=O)c1sc2cccc(OC(F)F)c2c1Cl. The van der Waals surface area contributed by atoms with Crippen molar-refractivity contribution < 1.29 is 18.3 Å². The molecule has 1 aromatic carbocycles. The van der Waals surface area contributed by atoms with Gasteiger partial charge in [-0.25, -0.2) is 0 Å².